The van der Waals surface area contributed by atoms with Gasteiger partial charge in [-0.2, -0.15) is 11.8 Å². The summed E-state index contributed by atoms with van der Waals surface area (Å²) in [7, 11) is 0. The van der Waals surface area contributed by atoms with Crippen molar-refractivity contribution in [3.8, 4) is 0 Å². The Morgan fingerprint density at radius 2 is 2.04 bits per heavy atom. The van der Waals surface area contributed by atoms with E-state index in [-0.39, 0.29) is 17.2 Å². The van der Waals surface area contributed by atoms with Crippen molar-refractivity contribution in [2.75, 3.05) is 56.1 Å². The van der Waals surface area contributed by atoms with Crippen LogP contribution >= 0.6 is 11.8 Å². The first-order chi connectivity index (χ1) is 12.5. The van der Waals surface area contributed by atoms with Crippen molar-refractivity contribution in [3.63, 3.8) is 0 Å². The molecule has 0 aliphatic carbocycles. The highest BCUT2D eigenvalue weighted by atomic mass is 32.2. The highest BCUT2D eigenvalue weighted by Crippen LogP contribution is 2.28. The zero-order valence-corrected chi connectivity index (χ0v) is 16.2. The van der Waals surface area contributed by atoms with Gasteiger partial charge in [0.25, 0.3) is 5.91 Å². The Hall–Kier alpha value is -1.57. The number of rotatable bonds is 5. The van der Waals surface area contributed by atoms with E-state index in [0.29, 0.717) is 24.3 Å². The molecular weight excluding hydrogens is 348 g/mol. The molecule has 1 atom stereocenters. The molecule has 142 valence electrons. The van der Waals surface area contributed by atoms with Crippen molar-refractivity contribution in [2.45, 2.75) is 13.3 Å². The van der Waals surface area contributed by atoms with Crippen LogP contribution in [0.4, 0.5) is 5.69 Å². The maximum absolute atomic E-state index is 12.6. The SMILES string of the molecule is CC1(CN)CCN(CC(=O)Nc2cccc(C(=O)N3CCSCC3)c2)C1. The predicted octanol–water partition coefficient (Wildman–Crippen LogP) is 1.48. The van der Waals surface area contributed by atoms with Gasteiger partial charge in [0.05, 0.1) is 6.54 Å². The molecule has 3 N–H and O–H groups in total. The van der Waals surface area contributed by atoms with Crippen molar-refractivity contribution in [1.29, 1.82) is 0 Å². The molecule has 26 heavy (non-hydrogen) atoms. The van der Waals surface area contributed by atoms with E-state index in [1.54, 1.807) is 6.07 Å². The summed E-state index contributed by atoms with van der Waals surface area (Å²) in [4.78, 5) is 29.0. The second-order valence-electron chi connectivity index (χ2n) is 7.51. The minimum atomic E-state index is -0.0507. The summed E-state index contributed by atoms with van der Waals surface area (Å²) in [6, 6.07) is 7.24. The number of likely N-dealkylation sites (tertiary alicyclic amines) is 1. The Balaban J connectivity index is 1.56. The molecule has 1 aromatic rings. The molecule has 0 saturated carbocycles. The summed E-state index contributed by atoms with van der Waals surface area (Å²) in [6.45, 7) is 6.49. The average molecular weight is 377 g/mol. The third-order valence-electron chi connectivity index (χ3n) is 5.19. The predicted molar refractivity (Wildman–Crippen MR) is 107 cm³/mol. The lowest BCUT2D eigenvalue weighted by atomic mass is 9.90. The first-order valence-corrected chi connectivity index (χ1v) is 10.3. The smallest absolute Gasteiger partial charge is 0.253 e. The van der Waals surface area contributed by atoms with Gasteiger partial charge in [0.1, 0.15) is 0 Å². The molecule has 2 fully saturated rings. The third kappa shape index (κ3) is 4.78. The van der Waals surface area contributed by atoms with E-state index >= 15 is 0 Å². The van der Waals surface area contributed by atoms with E-state index < -0.39 is 0 Å². The number of nitrogens with zero attached hydrogens (tertiary/aromatic N) is 2. The number of anilines is 1. The molecule has 0 aromatic heterocycles. The van der Waals surface area contributed by atoms with Crippen LogP contribution in [-0.2, 0) is 4.79 Å². The fraction of sp³-hybridized carbons (Fsp3) is 0.579. The largest absolute Gasteiger partial charge is 0.337 e. The van der Waals surface area contributed by atoms with Crippen LogP contribution in [-0.4, -0.2) is 72.4 Å². The zero-order valence-electron chi connectivity index (χ0n) is 15.4. The lowest BCUT2D eigenvalue weighted by Gasteiger charge is -2.26. The maximum Gasteiger partial charge on any atom is 0.253 e. The molecule has 7 heteroatoms. The standard InChI is InChI=1S/C19H28N4O2S/c1-19(13-20)5-6-22(14-19)12-17(24)21-16-4-2-3-15(11-16)18(25)23-7-9-26-10-8-23/h2-4,11H,5-10,12-14,20H2,1H3,(H,21,24). The van der Waals surface area contributed by atoms with Crippen LogP contribution in [0.2, 0.25) is 0 Å². The number of nitrogens with one attached hydrogen (secondary N) is 1. The Labute approximate surface area is 159 Å². The van der Waals surface area contributed by atoms with Gasteiger partial charge in [-0.3, -0.25) is 14.5 Å². The van der Waals surface area contributed by atoms with Gasteiger partial charge < -0.3 is 16.0 Å². The van der Waals surface area contributed by atoms with Crippen LogP contribution in [0.15, 0.2) is 24.3 Å². The van der Waals surface area contributed by atoms with E-state index in [1.807, 2.05) is 34.9 Å². The Morgan fingerprint density at radius 3 is 2.73 bits per heavy atom. The summed E-state index contributed by atoms with van der Waals surface area (Å²) < 4.78 is 0. The zero-order chi connectivity index (χ0) is 18.6. The summed E-state index contributed by atoms with van der Waals surface area (Å²) in [5.41, 5.74) is 7.24. The molecular formula is C19H28N4O2S. The second kappa shape index (κ2) is 8.41. The van der Waals surface area contributed by atoms with Crippen LogP contribution in [0.1, 0.15) is 23.7 Å². The van der Waals surface area contributed by atoms with E-state index in [9.17, 15) is 9.59 Å². The maximum atomic E-state index is 12.6. The number of carbonyl (C=O) groups excluding carboxylic acids is 2. The van der Waals surface area contributed by atoms with Gasteiger partial charge in [-0.05, 0) is 43.1 Å². The minimum absolute atomic E-state index is 0.0413. The minimum Gasteiger partial charge on any atom is -0.337 e. The van der Waals surface area contributed by atoms with Crippen molar-refractivity contribution in [3.05, 3.63) is 29.8 Å². The molecule has 6 nitrogen and oxygen atoms in total. The Kier molecular flexibility index (Phi) is 6.21. The summed E-state index contributed by atoms with van der Waals surface area (Å²) >= 11 is 1.88. The molecule has 0 bridgehead atoms. The number of carbonyl (C=O) groups is 2. The van der Waals surface area contributed by atoms with Gasteiger partial charge in [-0.25, -0.2) is 0 Å². The van der Waals surface area contributed by atoms with Gasteiger partial charge in [0.2, 0.25) is 5.91 Å². The van der Waals surface area contributed by atoms with Crippen molar-refractivity contribution in [1.82, 2.24) is 9.80 Å². The molecule has 2 aliphatic rings. The Morgan fingerprint density at radius 1 is 1.27 bits per heavy atom. The highest BCUT2D eigenvalue weighted by Gasteiger charge is 2.33. The molecule has 1 unspecified atom stereocenters. The molecule has 2 saturated heterocycles. The number of hydrogen-bond donors (Lipinski definition) is 2. The summed E-state index contributed by atoms with van der Waals surface area (Å²) in [6.07, 6.45) is 1.02. The van der Waals surface area contributed by atoms with Crippen molar-refractivity contribution < 1.29 is 9.59 Å². The van der Waals surface area contributed by atoms with Crippen LogP contribution in [0.3, 0.4) is 0 Å². The molecule has 3 rings (SSSR count). The van der Waals surface area contributed by atoms with Crippen LogP contribution in [0.25, 0.3) is 0 Å². The molecule has 2 aliphatic heterocycles. The number of amides is 2. The van der Waals surface area contributed by atoms with Gasteiger partial charge in [0.15, 0.2) is 0 Å². The lowest BCUT2D eigenvalue weighted by molar-refractivity contribution is -0.117. The molecule has 1 aromatic carbocycles. The molecule has 0 spiro atoms. The van der Waals surface area contributed by atoms with Crippen molar-refractivity contribution >= 4 is 29.3 Å². The summed E-state index contributed by atoms with van der Waals surface area (Å²) in [5, 5.41) is 2.93. The monoisotopic (exact) mass is 376 g/mol. The number of hydrogen-bond acceptors (Lipinski definition) is 5. The normalized spacial score (nSPS) is 23.8. The third-order valence-corrected chi connectivity index (χ3v) is 6.13. The number of thioether (sulfide) groups is 1. The van der Waals surface area contributed by atoms with Crippen LogP contribution < -0.4 is 11.1 Å². The first kappa shape index (κ1) is 19.2. The number of benzene rings is 1. The Bertz CT molecular complexity index is 663. The number of nitrogens with two attached hydrogens (primary N) is 1. The summed E-state index contributed by atoms with van der Waals surface area (Å²) in [5.74, 6) is 1.96. The van der Waals surface area contributed by atoms with E-state index in [1.165, 1.54) is 0 Å². The first-order valence-electron chi connectivity index (χ1n) is 9.18. The van der Waals surface area contributed by atoms with Crippen LogP contribution in [0, 0.1) is 5.41 Å². The van der Waals surface area contributed by atoms with E-state index in [2.05, 4.69) is 17.1 Å². The van der Waals surface area contributed by atoms with Gasteiger partial charge in [-0.15, -0.1) is 0 Å². The van der Waals surface area contributed by atoms with E-state index in [4.69, 9.17) is 5.73 Å². The quantitative estimate of drug-likeness (QED) is 0.814. The topological polar surface area (TPSA) is 78.7 Å². The molecule has 2 amide bonds. The fourth-order valence-corrected chi connectivity index (χ4v) is 4.41. The molecule has 2 heterocycles. The highest BCUT2D eigenvalue weighted by molar-refractivity contribution is 7.99. The lowest BCUT2D eigenvalue weighted by Crippen LogP contribution is -2.38. The van der Waals surface area contributed by atoms with E-state index in [0.717, 1.165) is 44.1 Å². The van der Waals surface area contributed by atoms with Gasteiger partial charge >= 0.3 is 0 Å². The van der Waals surface area contributed by atoms with Crippen molar-refractivity contribution in [2.24, 2.45) is 11.1 Å². The van der Waals surface area contributed by atoms with Gasteiger partial charge in [-0.1, -0.05) is 13.0 Å². The average Bonchev–Trinajstić information content (AvgIpc) is 3.03. The fourth-order valence-electron chi connectivity index (χ4n) is 3.51. The van der Waals surface area contributed by atoms with Gasteiger partial charge in [0, 0.05) is 42.4 Å². The molecule has 0 radical (unpaired) electrons. The second-order valence-corrected chi connectivity index (χ2v) is 8.73. The van der Waals surface area contributed by atoms with Crippen LogP contribution in [0.5, 0.6) is 0 Å².